The Balaban J connectivity index is 1.86. The number of hydrogen-bond donors (Lipinski definition) is 1. The van der Waals surface area contributed by atoms with Crippen LogP contribution in [0.5, 0.6) is 0 Å². The summed E-state index contributed by atoms with van der Waals surface area (Å²) >= 11 is 1.98. The van der Waals surface area contributed by atoms with Crippen LogP contribution in [0.1, 0.15) is 30.9 Å². The predicted octanol–water partition coefficient (Wildman–Crippen LogP) is 2.94. The van der Waals surface area contributed by atoms with Crippen molar-refractivity contribution >= 4 is 11.8 Å². The summed E-state index contributed by atoms with van der Waals surface area (Å²) in [5.74, 6) is 0. The standard InChI is InChI=1S/C15H23NOS/c1-16(13-8-9-14(10-13)18-2)11-15(17)12-6-4-3-5-7-12/h3-7,13-15,17H,8-11H2,1-2H3/t13-,14-,15-/m1/s1. The first-order valence-corrected chi connectivity index (χ1v) is 7.95. The summed E-state index contributed by atoms with van der Waals surface area (Å²) in [6.07, 6.45) is 5.68. The molecule has 1 aromatic rings. The van der Waals surface area contributed by atoms with Gasteiger partial charge in [-0.2, -0.15) is 11.8 Å². The number of benzene rings is 1. The SMILES string of the molecule is CS[C@@H]1CC[C@@H](N(C)C[C@@H](O)c2ccccc2)C1. The Labute approximate surface area is 114 Å². The molecule has 0 saturated heterocycles. The van der Waals surface area contributed by atoms with E-state index in [9.17, 15) is 5.11 Å². The molecule has 0 amide bonds. The van der Waals surface area contributed by atoms with E-state index in [0.29, 0.717) is 6.04 Å². The third-order valence-corrected chi connectivity index (χ3v) is 5.05. The fourth-order valence-electron chi connectivity index (χ4n) is 2.73. The number of aliphatic hydroxyl groups excluding tert-OH is 1. The number of thioether (sulfide) groups is 1. The largest absolute Gasteiger partial charge is 0.387 e. The van der Waals surface area contributed by atoms with Crippen molar-refractivity contribution in [3.8, 4) is 0 Å². The van der Waals surface area contributed by atoms with Crippen LogP contribution in [0, 0.1) is 0 Å². The molecule has 100 valence electrons. The smallest absolute Gasteiger partial charge is 0.0916 e. The Kier molecular flexibility index (Phi) is 5.10. The molecule has 3 atom stereocenters. The van der Waals surface area contributed by atoms with Crippen molar-refractivity contribution in [2.24, 2.45) is 0 Å². The summed E-state index contributed by atoms with van der Waals surface area (Å²) in [6, 6.07) is 10.6. The van der Waals surface area contributed by atoms with E-state index in [-0.39, 0.29) is 6.10 Å². The Morgan fingerprint density at radius 1 is 1.33 bits per heavy atom. The summed E-state index contributed by atoms with van der Waals surface area (Å²) in [4.78, 5) is 2.33. The molecule has 2 rings (SSSR count). The van der Waals surface area contributed by atoms with Crippen molar-refractivity contribution in [1.29, 1.82) is 0 Å². The Hall–Kier alpha value is -0.510. The van der Waals surface area contributed by atoms with Crippen LogP contribution in [0.4, 0.5) is 0 Å². The summed E-state index contributed by atoms with van der Waals surface area (Å²) in [5.41, 5.74) is 1.02. The minimum atomic E-state index is -0.371. The van der Waals surface area contributed by atoms with Gasteiger partial charge < -0.3 is 10.0 Å². The van der Waals surface area contributed by atoms with E-state index in [1.807, 2.05) is 42.1 Å². The molecule has 1 fully saturated rings. The number of likely N-dealkylation sites (N-methyl/N-ethyl adjacent to an activating group) is 1. The van der Waals surface area contributed by atoms with Crippen LogP contribution in [-0.2, 0) is 0 Å². The summed E-state index contributed by atoms with van der Waals surface area (Å²) < 4.78 is 0. The molecule has 0 unspecified atom stereocenters. The maximum Gasteiger partial charge on any atom is 0.0916 e. The number of hydrogen-bond acceptors (Lipinski definition) is 3. The minimum absolute atomic E-state index is 0.371. The van der Waals surface area contributed by atoms with Crippen molar-refractivity contribution in [3.05, 3.63) is 35.9 Å². The molecule has 18 heavy (non-hydrogen) atoms. The highest BCUT2D eigenvalue weighted by atomic mass is 32.2. The average molecular weight is 265 g/mol. The van der Waals surface area contributed by atoms with Gasteiger partial charge in [0.25, 0.3) is 0 Å². The molecule has 3 heteroatoms. The van der Waals surface area contributed by atoms with Crippen molar-refractivity contribution in [2.75, 3.05) is 19.8 Å². The molecular weight excluding hydrogens is 242 g/mol. The zero-order chi connectivity index (χ0) is 13.0. The molecule has 2 nitrogen and oxygen atoms in total. The first-order chi connectivity index (χ1) is 8.70. The second kappa shape index (κ2) is 6.60. The lowest BCUT2D eigenvalue weighted by atomic mass is 10.1. The van der Waals surface area contributed by atoms with E-state index in [4.69, 9.17) is 0 Å². The lowest BCUT2D eigenvalue weighted by molar-refractivity contribution is 0.105. The molecule has 1 N–H and O–H groups in total. The van der Waals surface area contributed by atoms with Crippen molar-refractivity contribution in [3.63, 3.8) is 0 Å². The molecule has 1 aliphatic carbocycles. The molecule has 1 saturated carbocycles. The van der Waals surface area contributed by atoms with Gasteiger partial charge in [-0.25, -0.2) is 0 Å². The highest BCUT2D eigenvalue weighted by Gasteiger charge is 2.27. The Morgan fingerprint density at radius 3 is 2.67 bits per heavy atom. The van der Waals surface area contributed by atoms with Gasteiger partial charge in [0, 0.05) is 17.8 Å². The lowest BCUT2D eigenvalue weighted by Crippen LogP contribution is -2.33. The van der Waals surface area contributed by atoms with Crippen molar-refractivity contribution in [1.82, 2.24) is 4.90 Å². The van der Waals surface area contributed by atoms with Crippen LogP contribution in [0.25, 0.3) is 0 Å². The second-order valence-electron chi connectivity index (χ2n) is 5.19. The Bertz CT molecular complexity index is 357. The van der Waals surface area contributed by atoms with Gasteiger partial charge in [0.15, 0.2) is 0 Å². The van der Waals surface area contributed by atoms with Crippen LogP contribution in [0.3, 0.4) is 0 Å². The van der Waals surface area contributed by atoms with Crippen molar-refractivity contribution < 1.29 is 5.11 Å². The quantitative estimate of drug-likeness (QED) is 0.885. The fraction of sp³-hybridized carbons (Fsp3) is 0.600. The van der Waals surface area contributed by atoms with E-state index >= 15 is 0 Å². The molecule has 0 aromatic heterocycles. The molecule has 0 bridgehead atoms. The first kappa shape index (κ1) is 13.9. The number of rotatable bonds is 5. The maximum absolute atomic E-state index is 10.2. The predicted molar refractivity (Wildman–Crippen MR) is 79.0 cm³/mol. The summed E-state index contributed by atoms with van der Waals surface area (Å²) in [7, 11) is 2.14. The first-order valence-electron chi connectivity index (χ1n) is 6.66. The molecule has 1 aliphatic rings. The molecular formula is C15H23NOS. The third kappa shape index (κ3) is 3.50. The average Bonchev–Trinajstić information content (AvgIpc) is 2.88. The summed E-state index contributed by atoms with van der Waals surface area (Å²) in [5, 5.41) is 11.0. The van der Waals surface area contributed by atoms with E-state index < -0.39 is 0 Å². The highest BCUT2D eigenvalue weighted by Crippen LogP contribution is 2.31. The zero-order valence-electron chi connectivity index (χ0n) is 11.2. The zero-order valence-corrected chi connectivity index (χ0v) is 12.1. The van der Waals surface area contributed by atoms with Gasteiger partial charge in [-0.15, -0.1) is 0 Å². The van der Waals surface area contributed by atoms with Gasteiger partial charge in [-0.05, 0) is 38.1 Å². The van der Waals surface area contributed by atoms with Crippen LogP contribution < -0.4 is 0 Å². The van der Waals surface area contributed by atoms with E-state index in [0.717, 1.165) is 17.4 Å². The third-order valence-electron chi connectivity index (χ3n) is 3.96. The van der Waals surface area contributed by atoms with E-state index in [1.54, 1.807) is 0 Å². The topological polar surface area (TPSA) is 23.5 Å². The van der Waals surface area contributed by atoms with Crippen LogP contribution in [0.2, 0.25) is 0 Å². The molecule has 1 aromatic carbocycles. The number of aliphatic hydroxyl groups is 1. The van der Waals surface area contributed by atoms with E-state index in [2.05, 4.69) is 18.2 Å². The lowest BCUT2D eigenvalue weighted by Gasteiger charge is -2.27. The molecule has 0 radical (unpaired) electrons. The van der Waals surface area contributed by atoms with Crippen LogP contribution in [0.15, 0.2) is 30.3 Å². The van der Waals surface area contributed by atoms with Crippen LogP contribution in [-0.4, -0.2) is 41.1 Å². The summed E-state index contributed by atoms with van der Waals surface area (Å²) in [6.45, 7) is 0.732. The van der Waals surface area contributed by atoms with Crippen LogP contribution >= 0.6 is 11.8 Å². The second-order valence-corrected chi connectivity index (χ2v) is 6.33. The van der Waals surface area contributed by atoms with Gasteiger partial charge in [0.05, 0.1) is 6.10 Å². The van der Waals surface area contributed by atoms with Gasteiger partial charge in [0.1, 0.15) is 0 Å². The Morgan fingerprint density at radius 2 is 2.06 bits per heavy atom. The minimum Gasteiger partial charge on any atom is -0.387 e. The fourth-order valence-corrected chi connectivity index (χ4v) is 3.52. The van der Waals surface area contributed by atoms with Crippen molar-refractivity contribution in [2.45, 2.75) is 36.7 Å². The molecule has 0 aliphatic heterocycles. The monoisotopic (exact) mass is 265 g/mol. The normalized spacial score (nSPS) is 25.6. The molecule has 0 spiro atoms. The van der Waals surface area contributed by atoms with Gasteiger partial charge >= 0.3 is 0 Å². The van der Waals surface area contributed by atoms with Gasteiger partial charge in [-0.1, -0.05) is 30.3 Å². The highest BCUT2D eigenvalue weighted by molar-refractivity contribution is 7.99. The van der Waals surface area contributed by atoms with Gasteiger partial charge in [-0.3, -0.25) is 0 Å². The molecule has 0 heterocycles. The maximum atomic E-state index is 10.2. The van der Waals surface area contributed by atoms with E-state index in [1.165, 1.54) is 19.3 Å². The number of nitrogens with zero attached hydrogens (tertiary/aromatic N) is 1. The van der Waals surface area contributed by atoms with Gasteiger partial charge in [0.2, 0.25) is 0 Å².